The molecule has 1 fully saturated rings. The average Bonchev–Trinajstić information content (AvgIpc) is 2.88. The Morgan fingerprint density at radius 1 is 1.19 bits per heavy atom. The second-order valence-electron chi connectivity index (χ2n) is 8.79. The molecule has 1 saturated heterocycles. The van der Waals surface area contributed by atoms with Crippen LogP contribution < -0.4 is 10.6 Å². The van der Waals surface area contributed by atoms with Gasteiger partial charge in [0, 0.05) is 33.7 Å². The van der Waals surface area contributed by atoms with Crippen LogP contribution in [0.5, 0.6) is 0 Å². The van der Waals surface area contributed by atoms with E-state index in [0.717, 1.165) is 26.5 Å². The van der Waals surface area contributed by atoms with Gasteiger partial charge >= 0.3 is 5.97 Å². The number of likely N-dealkylation sites (N-methyl/N-ethyl adjacent to an activating group) is 1. The van der Waals surface area contributed by atoms with Crippen LogP contribution >= 0.6 is 0 Å². The summed E-state index contributed by atoms with van der Waals surface area (Å²) < 4.78 is 0. The fourth-order valence-electron chi connectivity index (χ4n) is 3.80. The third kappa shape index (κ3) is 12.2. The maximum Gasteiger partial charge on any atom is 0.303 e. The van der Waals surface area contributed by atoms with Crippen LogP contribution in [0.4, 0.5) is 0 Å². The van der Waals surface area contributed by atoms with Gasteiger partial charge in [-0.3, -0.25) is 24.2 Å². The van der Waals surface area contributed by atoms with Crippen LogP contribution in [0.1, 0.15) is 52.0 Å². The van der Waals surface area contributed by atoms with E-state index in [-0.39, 0.29) is 31.2 Å². The zero-order chi connectivity index (χ0) is 28.4. The van der Waals surface area contributed by atoms with Gasteiger partial charge in [-0.05, 0) is 38.3 Å². The molecule has 1 aromatic rings. The molecule has 210 valence electrons. The van der Waals surface area contributed by atoms with Crippen LogP contribution in [-0.2, 0) is 25.7 Å². The number of amides is 3. The summed E-state index contributed by atoms with van der Waals surface area (Å²) in [7, 11) is 4.56. The third-order valence-corrected chi connectivity index (χ3v) is 6.07. The molecule has 11 nitrogen and oxygen atoms in total. The number of aliphatic carboxylic acids is 1. The van der Waals surface area contributed by atoms with E-state index >= 15 is 0 Å². The van der Waals surface area contributed by atoms with Gasteiger partial charge in [0.1, 0.15) is 12.2 Å². The van der Waals surface area contributed by atoms with Crippen LogP contribution in [0.25, 0.3) is 0 Å². The SMILES string of the molecule is CCC(C)CCNC(=O)C(CCC(=O)O)N1C(=O)CN(C)N(C=O)[C@H]1C.CNCc1ccccc1.CO. The Labute approximate surface area is 220 Å². The zero-order valence-corrected chi connectivity index (χ0v) is 23.0. The highest BCUT2D eigenvalue weighted by molar-refractivity contribution is 5.89. The number of hydrogen-bond donors (Lipinski definition) is 4. The number of aliphatic hydroxyl groups is 1. The number of rotatable bonds is 12. The van der Waals surface area contributed by atoms with Crippen molar-refractivity contribution in [2.75, 3.05) is 34.3 Å². The number of carboxylic acid groups (broad SMARTS) is 1. The molecule has 0 radical (unpaired) electrons. The number of nitrogens with zero attached hydrogens (tertiary/aromatic N) is 3. The number of aliphatic hydroxyl groups excluding tert-OH is 1. The molecule has 37 heavy (non-hydrogen) atoms. The van der Waals surface area contributed by atoms with E-state index in [9.17, 15) is 19.2 Å². The molecule has 1 heterocycles. The third-order valence-electron chi connectivity index (χ3n) is 6.07. The Bertz CT molecular complexity index is 810. The average molecular weight is 524 g/mol. The van der Waals surface area contributed by atoms with Crippen molar-refractivity contribution < 1.29 is 29.4 Å². The highest BCUT2D eigenvalue weighted by Crippen LogP contribution is 2.20. The maximum absolute atomic E-state index is 12.7. The maximum atomic E-state index is 12.7. The van der Waals surface area contributed by atoms with Gasteiger partial charge in [-0.1, -0.05) is 50.6 Å². The van der Waals surface area contributed by atoms with Crippen molar-refractivity contribution in [2.45, 2.75) is 65.2 Å². The first-order chi connectivity index (χ1) is 17.7. The van der Waals surface area contributed by atoms with E-state index < -0.39 is 18.2 Å². The first-order valence-corrected chi connectivity index (χ1v) is 12.5. The van der Waals surface area contributed by atoms with Gasteiger partial charge in [-0.15, -0.1) is 0 Å². The number of hydrogen-bond acceptors (Lipinski definition) is 7. The van der Waals surface area contributed by atoms with Crippen molar-refractivity contribution in [1.29, 1.82) is 0 Å². The standard InChI is InChI=1S/C17H30N4O5.C8H11N.CH4O/c1-5-12(2)8-9-18-17(26)14(6-7-16(24)25)21-13(3)20(11-22)19(4)10-15(21)23;1-9-7-8-5-3-2-4-6-8;1-2/h11-14H,5-10H2,1-4H3,(H,18,26)(H,24,25);2-6,9H,7H2,1H3;2H,1H3/t12?,13-,14?;;/m1../s1. The van der Waals surface area contributed by atoms with Gasteiger partial charge in [0.25, 0.3) is 0 Å². The fourth-order valence-corrected chi connectivity index (χ4v) is 3.80. The molecule has 0 aromatic heterocycles. The molecule has 3 atom stereocenters. The van der Waals surface area contributed by atoms with Crippen LogP contribution in [-0.4, -0.2) is 95.8 Å². The molecule has 4 N–H and O–H groups in total. The molecular formula is C26H45N5O6. The zero-order valence-electron chi connectivity index (χ0n) is 23.0. The normalized spacial score (nSPS) is 16.9. The first kappa shape index (κ1) is 34.0. The molecule has 11 heteroatoms. The summed E-state index contributed by atoms with van der Waals surface area (Å²) in [5, 5.41) is 24.7. The van der Waals surface area contributed by atoms with Gasteiger partial charge in [-0.25, -0.2) is 5.01 Å². The van der Waals surface area contributed by atoms with Crippen molar-refractivity contribution in [2.24, 2.45) is 5.92 Å². The number of carbonyl (C=O) groups excluding carboxylic acids is 3. The number of hydrazine groups is 1. The molecule has 3 amide bonds. The summed E-state index contributed by atoms with van der Waals surface area (Å²) in [6.45, 7) is 7.17. The van der Waals surface area contributed by atoms with E-state index in [1.54, 1.807) is 14.0 Å². The Kier molecular flexibility index (Phi) is 17.6. The lowest BCUT2D eigenvalue weighted by Gasteiger charge is -2.47. The van der Waals surface area contributed by atoms with Gasteiger partial charge in [0.05, 0.1) is 6.54 Å². The van der Waals surface area contributed by atoms with Crippen LogP contribution in [0.15, 0.2) is 30.3 Å². The fraction of sp³-hybridized carbons (Fsp3) is 0.615. The summed E-state index contributed by atoms with van der Waals surface area (Å²) in [6.07, 6.45) is 1.49. The molecule has 0 bridgehead atoms. The van der Waals surface area contributed by atoms with Gasteiger partial charge < -0.3 is 25.7 Å². The molecule has 2 unspecified atom stereocenters. The minimum atomic E-state index is -1.04. The predicted octanol–water partition coefficient (Wildman–Crippen LogP) is 1.28. The van der Waals surface area contributed by atoms with E-state index in [1.165, 1.54) is 20.5 Å². The summed E-state index contributed by atoms with van der Waals surface area (Å²) in [4.78, 5) is 48.8. The number of nitrogens with one attached hydrogen (secondary N) is 2. The predicted molar refractivity (Wildman–Crippen MR) is 142 cm³/mol. The minimum absolute atomic E-state index is 0.00299. The number of carboxylic acids is 1. The van der Waals surface area contributed by atoms with E-state index in [2.05, 4.69) is 36.6 Å². The molecule has 0 spiro atoms. The second kappa shape index (κ2) is 19.1. The Balaban J connectivity index is 0.000000977. The summed E-state index contributed by atoms with van der Waals surface area (Å²) in [5.74, 6) is -1.28. The van der Waals surface area contributed by atoms with Gasteiger partial charge in [0.2, 0.25) is 18.2 Å². The second-order valence-corrected chi connectivity index (χ2v) is 8.79. The Morgan fingerprint density at radius 2 is 1.81 bits per heavy atom. The van der Waals surface area contributed by atoms with Gasteiger partial charge in [-0.2, -0.15) is 0 Å². The minimum Gasteiger partial charge on any atom is -0.481 e. The van der Waals surface area contributed by atoms with Crippen molar-refractivity contribution >= 4 is 24.2 Å². The Hall–Kier alpha value is -3.02. The molecule has 2 rings (SSSR count). The molecule has 1 aliphatic heterocycles. The number of benzene rings is 1. The molecule has 1 aliphatic rings. The quantitative estimate of drug-likeness (QED) is 0.300. The molecule has 1 aromatic carbocycles. The highest BCUT2D eigenvalue weighted by atomic mass is 16.4. The molecular weight excluding hydrogens is 478 g/mol. The summed E-state index contributed by atoms with van der Waals surface area (Å²) >= 11 is 0. The van der Waals surface area contributed by atoms with Crippen LogP contribution in [0.3, 0.4) is 0 Å². The number of carbonyl (C=O) groups is 4. The van der Waals surface area contributed by atoms with Crippen molar-refractivity contribution in [3.63, 3.8) is 0 Å². The topological polar surface area (TPSA) is 143 Å². The van der Waals surface area contributed by atoms with E-state index in [4.69, 9.17) is 10.2 Å². The highest BCUT2D eigenvalue weighted by Gasteiger charge is 2.40. The summed E-state index contributed by atoms with van der Waals surface area (Å²) in [6, 6.07) is 9.41. The van der Waals surface area contributed by atoms with Gasteiger partial charge in [0.15, 0.2) is 0 Å². The Morgan fingerprint density at radius 3 is 2.32 bits per heavy atom. The lowest BCUT2D eigenvalue weighted by atomic mass is 10.0. The monoisotopic (exact) mass is 523 g/mol. The molecule has 0 aliphatic carbocycles. The van der Waals surface area contributed by atoms with E-state index in [1.807, 2.05) is 25.2 Å². The van der Waals surface area contributed by atoms with Crippen molar-refractivity contribution in [3.8, 4) is 0 Å². The van der Waals surface area contributed by atoms with Crippen molar-refractivity contribution in [1.82, 2.24) is 25.6 Å². The first-order valence-electron chi connectivity index (χ1n) is 12.5. The van der Waals surface area contributed by atoms with Crippen LogP contribution in [0.2, 0.25) is 0 Å². The lowest BCUT2D eigenvalue weighted by Crippen LogP contribution is -2.67. The van der Waals surface area contributed by atoms with Crippen molar-refractivity contribution in [3.05, 3.63) is 35.9 Å². The summed E-state index contributed by atoms with van der Waals surface area (Å²) in [5.41, 5.74) is 1.33. The largest absolute Gasteiger partial charge is 0.481 e. The van der Waals surface area contributed by atoms with E-state index in [0.29, 0.717) is 18.9 Å². The smallest absolute Gasteiger partial charge is 0.303 e. The lowest BCUT2D eigenvalue weighted by molar-refractivity contribution is -0.181. The van der Waals surface area contributed by atoms with Crippen LogP contribution in [0, 0.1) is 5.92 Å². The molecule has 0 saturated carbocycles.